The number of thioether (sulfide) groups is 1. The van der Waals surface area contributed by atoms with Crippen molar-refractivity contribution in [3.63, 3.8) is 0 Å². The van der Waals surface area contributed by atoms with Crippen molar-refractivity contribution < 1.29 is 4.79 Å². The van der Waals surface area contributed by atoms with Gasteiger partial charge in [0.15, 0.2) is 5.16 Å². The summed E-state index contributed by atoms with van der Waals surface area (Å²) in [6, 6.07) is 0. The molecule has 1 unspecified atom stereocenters. The SMILES string of the molecule is CC(Sc1nnc(C2CCNCC2)n1C)C(=O)N1CCCC1. The second kappa shape index (κ2) is 7.00. The van der Waals surface area contributed by atoms with E-state index in [1.807, 2.05) is 18.9 Å². The van der Waals surface area contributed by atoms with E-state index in [1.165, 1.54) is 11.8 Å². The first kappa shape index (κ1) is 15.8. The number of nitrogens with one attached hydrogen (secondary N) is 1. The summed E-state index contributed by atoms with van der Waals surface area (Å²) in [7, 11) is 2.02. The van der Waals surface area contributed by atoms with Crippen molar-refractivity contribution in [2.24, 2.45) is 7.05 Å². The summed E-state index contributed by atoms with van der Waals surface area (Å²) < 4.78 is 2.08. The number of nitrogens with zero attached hydrogens (tertiary/aromatic N) is 4. The first-order chi connectivity index (χ1) is 10.7. The lowest BCUT2D eigenvalue weighted by Crippen LogP contribution is -2.34. The molecule has 1 amide bonds. The molecule has 1 atom stereocenters. The maximum Gasteiger partial charge on any atom is 0.235 e. The highest BCUT2D eigenvalue weighted by molar-refractivity contribution is 8.00. The van der Waals surface area contributed by atoms with Gasteiger partial charge in [-0.1, -0.05) is 11.8 Å². The predicted octanol–water partition coefficient (Wildman–Crippen LogP) is 1.39. The van der Waals surface area contributed by atoms with E-state index in [4.69, 9.17) is 0 Å². The molecule has 1 aromatic heterocycles. The van der Waals surface area contributed by atoms with Crippen LogP contribution in [0.2, 0.25) is 0 Å². The van der Waals surface area contributed by atoms with Crippen LogP contribution in [0.5, 0.6) is 0 Å². The number of rotatable bonds is 4. The molecule has 7 heteroatoms. The Labute approximate surface area is 136 Å². The molecule has 2 aliphatic heterocycles. The minimum absolute atomic E-state index is 0.0955. The van der Waals surface area contributed by atoms with Gasteiger partial charge in [0, 0.05) is 26.1 Å². The molecule has 2 aliphatic rings. The molecule has 0 saturated carbocycles. The molecular formula is C15H25N5OS. The number of likely N-dealkylation sites (tertiary alicyclic amines) is 1. The van der Waals surface area contributed by atoms with E-state index in [0.717, 1.165) is 62.8 Å². The van der Waals surface area contributed by atoms with E-state index in [-0.39, 0.29) is 11.2 Å². The molecule has 3 rings (SSSR count). The molecule has 3 heterocycles. The van der Waals surface area contributed by atoms with E-state index < -0.39 is 0 Å². The minimum atomic E-state index is -0.0955. The number of carbonyl (C=O) groups is 1. The van der Waals surface area contributed by atoms with Crippen LogP contribution in [0, 0.1) is 0 Å². The number of carbonyl (C=O) groups excluding carboxylic acids is 1. The van der Waals surface area contributed by atoms with Crippen LogP contribution in [-0.4, -0.2) is 57.0 Å². The molecule has 2 saturated heterocycles. The van der Waals surface area contributed by atoms with Crippen LogP contribution in [0.15, 0.2) is 5.16 Å². The topological polar surface area (TPSA) is 63.1 Å². The van der Waals surface area contributed by atoms with Gasteiger partial charge in [-0.2, -0.15) is 0 Å². The molecule has 122 valence electrons. The Hall–Kier alpha value is -1.08. The average molecular weight is 323 g/mol. The van der Waals surface area contributed by atoms with Crippen LogP contribution in [-0.2, 0) is 11.8 Å². The predicted molar refractivity (Wildman–Crippen MR) is 87.0 cm³/mol. The minimum Gasteiger partial charge on any atom is -0.342 e. The third kappa shape index (κ3) is 3.30. The van der Waals surface area contributed by atoms with Crippen molar-refractivity contribution in [3.05, 3.63) is 5.82 Å². The van der Waals surface area contributed by atoms with E-state index in [0.29, 0.717) is 5.92 Å². The standard InChI is InChI=1S/C15H25N5OS/c1-11(14(21)20-9-3-4-10-20)22-15-18-17-13(19(15)2)12-5-7-16-8-6-12/h11-12,16H,3-10H2,1-2H3. The molecule has 0 bridgehead atoms. The maximum absolute atomic E-state index is 12.4. The smallest absolute Gasteiger partial charge is 0.235 e. The molecule has 0 spiro atoms. The molecule has 0 radical (unpaired) electrons. The normalized spacial score (nSPS) is 21.3. The van der Waals surface area contributed by atoms with Crippen LogP contribution in [0.3, 0.4) is 0 Å². The van der Waals surface area contributed by atoms with E-state index in [1.54, 1.807) is 0 Å². The largest absolute Gasteiger partial charge is 0.342 e. The number of hydrogen-bond acceptors (Lipinski definition) is 5. The highest BCUT2D eigenvalue weighted by Crippen LogP contribution is 2.29. The molecule has 2 fully saturated rings. The highest BCUT2D eigenvalue weighted by Gasteiger charge is 2.27. The van der Waals surface area contributed by atoms with Gasteiger partial charge in [0.1, 0.15) is 5.82 Å². The van der Waals surface area contributed by atoms with E-state index >= 15 is 0 Å². The average Bonchev–Trinajstić information content (AvgIpc) is 3.18. The number of amides is 1. The number of hydrogen-bond donors (Lipinski definition) is 1. The second-order valence-corrected chi connectivity index (χ2v) is 7.52. The molecule has 1 N–H and O–H groups in total. The van der Waals surface area contributed by atoms with Gasteiger partial charge in [-0.3, -0.25) is 4.79 Å². The van der Waals surface area contributed by atoms with Gasteiger partial charge >= 0.3 is 0 Å². The fourth-order valence-electron chi connectivity index (χ4n) is 3.27. The van der Waals surface area contributed by atoms with Crippen molar-refractivity contribution in [1.82, 2.24) is 25.0 Å². The van der Waals surface area contributed by atoms with Crippen molar-refractivity contribution in [2.75, 3.05) is 26.2 Å². The zero-order valence-electron chi connectivity index (χ0n) is 13.4. The van der Waals surface area contributed by atoms with Crippen molar-refractivity contribution in [2.45, 2.75) is 48.9 Å². The Morgan fingerprint density at radius 3 is 2.64 bits per heavy atom. The molecule has 0 aromatic carbocycles. The summed E-state index contributed by atoms with van der Waals surface area (Å²) >= 11 is 1.53. The van der Waals surface area contributed by atoms with Crippen LogP contribution in [0.1, 0.15) is 44.3 Å². The zero-order chi connectivity index (χ0) is 15.5. The van der Waals surface area contributed by atoms with Gasteiger partial charge in [-0.25, -0.2) is 0 Å². The van der Waals surface area contributed by atoms with Gasteiger partial charge in [0.2, 0.25) is 5.91 Å². The molecular weight excluding hydrogens is 298 g/mol. The quantitative estimate of drug-likeness (QED) is 0.848. The van der Waals surface area contributed by atoms with Gasteiger partial charge < -0.3 is 14.8 Å². The summed E-state index contributed by atoms with van der Waals surface area (Å²) in [4.78, 5) is 14.4. The first-order valence-electron chi connectivity index (χ1n) is 8.22. The third-order valence-electron chi connectivity index (χ3n) is 4.62. The molecule has 1 aromatic rings. The van der Waals surface area contributed by atoms with Gasteiger partial charge in [0.25, 0.3) is 0 Å². The summed E-state index contributed by atoms with van der Waals surface area (Å²) in [5.41, 5.74) is 0. The van der Waals surface area contributed by atoms with Crippen molar-refractivity contribution >= 4 is 17.7 Å². The fraction of sp³-hybridized carbons (Fsp3) is 0.800. The lowest BCUT2D eigenvalue weighted by molar-refractivity contribution is -0.129. The van der Waals surface area contributed by atoms with Crippen LogP contribution >= 0.6 is 11.8 Å². The van der Waals surface area contributed by atoms with Crippen LogP contribution in [0.4, 0.5) is 0 Å². The molecule has 0 aliphatic carbocycles. The Morgan fingerprint density at radius 2 is 1.95 bits per heavy atom. The second-order valence-electron chi connectivity index (χ2n) is 6.22. The maximum atomic E-state index is 12.4. The molecule has 6 nitrogen and oxygen atoms in total. The zero-order valence-corrected chi connectivity index (χ0v) is 14.2. The first-order valence-corrected chi connectivity index (χ1v) is 9.10. The van der Waals surface area contributed by atoms with E-state index in [2.05, 4.69) is 20.1 Å². The lowest BCUT2D eigenvalue weighted by atomic mass is 9.97. The third-order valence-corrected chi connectivity index (χ3v) is 5.74. The van der Waals surface area contributed by atoms with Crippen LogP contribution in [0.25, 0.3) is 0 Å². The summed E-state index contributed by atoms with van der Waals surface area (Å²) in [6.45, 7) is 5.88. The van der Waals surface area contributed by atoms with Gasteiger partial charge in [0.05, 0.1) is 5.25 Å². The fourth-order valence-corrected chi connectivity index (χ4v) is 4.17. The van der Waals surface area contributed by atoms with Gasteiger partial charge in [-0.05, 0) is 45.7 Å². The Morgan fingerprint density at radius 1 is 1.27 bits per heavy atom. The van der Waals surface area contributed by atoms with Crippen molar-refractivity contribution in [1.29, 1.82) is 0 Å². The number of piperidine rings is 1. The Kier molecular flexibility index (Phi) is 5.03. The molecule has 22 heavy (non-hydrogen) atoms. The summed E-state index contributed by atoms with van der Waals surface area (Å²) in [5.74, 6) is 1.77. The Bertz CT molecular complexity index is 520. The van der Waals surface area contributed by atoms with Crippen molar-refractivity contribution in [3.8, 4) is 0 Å². The highest BCUT2D eigenvalue weighted by atomic mass is 32.2. The van der Waals surface area contributed by atoms with Crippen LogP contribution < -0.4 is 5.32 Å². The summed E-state index contributed by atoms with van der Waals surface area (Å²) in [5, 5.41) is 12.8. The lowest BCUT2D eigenvalue weighted by Gasteiger charge is -2.22. The summed E-state index contributed by atoms with van der Waals surface area (Å²) in [6.07, 6.45) is 4.48. The van der Waals surface area contributed by atoms with E-state index in [9.17, 15) is 4.79 Å². The van der Waals surface area contributed by atoms with Gasteiger partial charge in [-0.15, -0.1) is 10.2 Å². The number of aromatic nitrogens is 3. The Balaban J connectivity index is 1.64. The monoisotopic (exact) mass is 323 g/mol.